The molecule has 1 aliphatic rings. The molecule has 0 aromatic heterocycles. The van der Waals surface area contributed by atoms with E-state index in [9.17, 15) is 4.79 Å². The molecule has 1 saturated heterocycles. The van der Waals surface area contributed by atoms with E-state index in [0.29, 0.717) is 18.1 Å². The summed E-state index contributed by atoms with van der Waals surface area (Å²) in [6.45, 7) is 5.87. The maximum absolute atomic E-state index is 11.0. The second-order valence-electron chi connectivity index (χ2n) is 4.70. The van der Waals surface area contributed by atoms with Gasteiger partial charge in [-0.05, 0) is 31.0 Å². The van der Waals surface area contributed by atoms with Crippen LogP contribution >= 0.6 is 11.6 Å². The van der Waals surface area contributed by atoms with E-state index in [-0.39, 0.29) is 0 Å². The second kappa shape index (κ2) is 5.16. The van der Waals surface area contributed by atoms with Crippen molar-refractivity contribution < 1.29 is 9.90 Å². The van der Waals surface area contributed by atoms with Gasteiger partial charge in [-0.3, -0.25) is 4.79 Å². The first-order chi connectivity index (χ1) is 8.49. The molecule has 2 N–H and O–H groups in total. The SMILES string of the molecule is Cc1cc(C)c(N2CCNC(C(=O)O)C2)c(Cl)c1. The fourth-order valence-corrected chi connectivity index (χ4v) is 2.87. The van der Waals surface area contributed by atoms with Gasteiger partial charge in [0, 0.05) is 19.6 Å². The molecule has 2 rings (SSSR count). The van der Waals surface area contributed by atoms with Crippen molar-refractivity contribution in [2.24, 2.45) is 0 Å². The molecule has 1 aliphatic heterocycles. The van der Waals surface area contributed by atoms with Gasteiger partial charge in [0.1, 0.15) is 6.04 Å². The topological polar surface area (TPSA) is 52.6 Å². The molecule has 5 heteroatoms. The van der Waals surface area contributed by atoms with Crippen LogP contribution in [0.1, 0.15) is 11.1 Å². The lowest BCUT2D eigenvalue weighted by molar-refractivity contribution is -0.139. The van der Waals surface area contributed by atoms with Crippen LogP contribution in [0.15, 0.2) is 12.1 Å². The van der Waals surface area contributed by atoms with Crippen LogP contribution in [0.25, 0.3) is 0 Å². The molecule has 1 aromatic rings. The van der Waals surface area contributed by atoms with Crippen LogP contribution in [0.4, 0.5) is 5.69 Å². The number of aryl methyl sites for hydroxylation is 2. The number of rotatable bonds is 2. The minimum absolute atomic E-state index is 0.443. The number of nitrogens with one attached hydrogen (secondary N) is 1. The summed E-state index contributed by atoms with van der Waals surface area (Å²) in [6, 6.07) is 3.45. The highest BCUT2D eigenvalue weighted by atomic mass is 35.5. The van der Waals surface area contributed by atoms with Crippen molar-refractivity contribution in [1.82, 2.24) is 5.32 Å². The summed E-state index contributed by atoms with van der Waals surface area (Å²) in [5.74, 6) is -0.819. The maximum atomic E-state index is 11.0. The highest BCUT2D eigenvalue weighted by molar-refractivity contribution is 6.33. The summed E-state index contributed by atoms with van der Waals surface area (Å²) in [4.78, 5) is 13.1. The molecule has 18 heavy (non-hydrogen) atoms. The van der Waals surface area contributed by atoms with Gasteiger partial charge in [0.25, 0.3) is 0 Å². The molecule has 1 fully saturated rings. The molecule has 0 saturated carbocycles. The molecule has 0 amide bonds. The van der Waals surface area contributed by atoms with E-state index in [1.54, 1.807) is 0 Å². The molecule has 98 valence electrons. The van der Waals surface area contributed by atoms with Crippen LogP contribution in [0.5, 0.6) is 0 Å². The Bertz CT molecular complexity index is 453. The van der Waals surface area contributed by atoms with E-state index in [1.807, 2.05) is 24.8 Å². The lowest BCUT2D eigenvalue weighted by atomic mass is 10.1. The normalized spacial score (nSPS) is 19.9. The smallest absolute Gasteiger partial charge is 0.322 e. The van der Waals surface area contributed by atoms with Gasteiger partial charge in [0.15, 0.2) is 0 Å². The fraction of sp³-hybridized carbons (Fsp3) is 0.462. The number of hydrogen-bond donors (Lipinski definition) is 2. The average Bonchev–Trinajstić information content (AvgIpc) is 2.28. The molecule has 0 spiro atoms. The lowest BCUT2D eigenvalue weighted by Gasteiger charge is -2.35. The van der Waals surface area contributed by atoms with E-state index >= 15 is 0 Å². The van der Waals surface area contributed by atoms with Crippen molar-refractivity contribution >= 4 is 23.3 Å². The fourth-order valence-electron chi connectivity index (χ4n) is 2.43. The van der Waals surface area contributed by atoms with E-state index in [4.69, 9.17) is 16.7 Å². The molecule has 1 unspecified atom stereocenters. The van der Waals surface area contributed by atoms with Crippen LogP contribution in [0, 0.1) is 13.8 Å². The third-order valence-electron chi connectivity index (χ3n) is 3.19. The number of piperazine rings is 1. The third kappa shape index (κ3) is 2.60. The van der Waals surface area contributed by atoms with Crippen LogP contribution < -0.4 is 10.2 Å². The molecule has 4 nitrogen and oxygen atoms in total. The number of anilines is 1. The Hall–Kier alpha value is -1.26. The Morgan fingerprint density at radius 3 is 2.83 bits per heavy atom. The zero-order valence-electron chi connectivity index (χ0n) is 10.5. The zero-order valence-corrected chi connectivity index (χ0v) is 11.3. The predicted molar refractivity (Wildman–Crippen MR) is 72.6 cm³/mol. The van der Waals surface area contributed by atoms with Gasteiger partial charge in [-0.2, -0.15) is 0 Å². The standard InChI is InChI=1S/C13H17ClN2O2/c1-8-5-9(2)12(10(14)6-8)16-4-3-15-11(7-16)13(17)18/h5-6,11,15H,3-4,7H2,1-2H3,(H,17,18). The van der Waals surface area contributed by atoms with E-state index in [0.717, 1.165) is 23.4 Å². The zero-order chi connectivity index (χ0) is 13.3. The van der Waals surface area contributed by atoms with Gasteiger partial charge >= 0.3 is 5.97 Å². The molecule has 1 heterocycles. The highest BCUT2D eigenvalue weighted by Crippen LogP contribution is 2.31. The van der Waals surface area contributed by atoms with Gasteiger partial charge in [-0.25, -0.2) is 0 Å². The quantitative estimate of drug-likeness (QED) is 0.859. The Balaban J connectivity index is 2.29. The molecule has 0 radical (unpaired) electrons. The van der Waals surface area contributed by atoms with Crippen molar-refractivity contribution in [3.8, 4) is 0 Å². The van der Waals surface area contributed by atoms with Crippen molar-refractivity contribution in [3.63, 3.8) is 0 Å². The first-order valence-electron chi connectivity index (χ1n) is 5.97. The number of benzene rings is 1. The Morgan fingerprint density at radius 1 is 1.50 bits per heavy atom. The highest BCUT2D eigenvalue weighted by Gasteiger charge is 2.26. The summed E-state index contributed by atoms with van der Waals surface area (Å²) < 4.78 is 0. The van der Waals surface area contributed by atoms with Crippen LogP contribution in [-0.2, 0) is 4.79 Å². The van der Waals surface area contributed by atoms with Crippen molar-refractivity contribution in [1.29, 1.82) is 0 Å². The van der Waals surface area contributed by atoms with Crippen LogP contribution in [-0.4, -0.2) is 36.8 Å². The van der Waals surface area contributed by atoms with E-state index in [2.05, 4.69) is 11.4 Å². The largest absolute Gasteiger partial charge is 0.480 e. The van der Waals surface area contributed by atoms with Gasteiger partial charge in [-0.15, -0.1) is 0 Å². The average molecular weight is 269 g/mol. The number of hydrogen-bond acceptors (Lipinski definition) is 3. The molecular formula is C13H17ClN2O2. The minimum Gasteiger partial charge on any atom is -0.480 e. The molecule has 0 bridgehead atoms. The number of aliphatic carboxylic acids is 1. The van der Waals surface area contributed by atoms with Crippen molar-refractivity contribution in [2.75, 3.05) is 24.5 Å². The van der Waals surface area contributed by atoms with E-state index in [1.165, 1.54) is 0 Å². The number of nitrogens with zero attached hydrogens (tertiary/aromatic N) is 1. The first kappa shape index (κ1) is 13.2. The Morgan fingerprint density at radius 2 is 2.22 bits per heavy atom. The third-order valence-corrected chi connectivity index (χ3v) is 3.48. The number of carboxylic acid groups (broad SMARTS) is 1. The summed E-state index contributed by atoms with van der Waals surface area (Å²) in [6.07, 6.45) is 0. The monoisotopic (exact) mass is 268 g/mol. The lowest BCUT2D eigenvalue weighted by Crippen LogP contribution is -2.54. The van der Waals surface area contributed by atoms with Gasteiger partial charge in [0.05, 0.1) is 10.7 Å². The second-order valence-corrected chi connectivity index (χ2v) is 5.11. The molecule has 0 aliphatic carbocycles. The molecule has 1 aromatic carbocycles. The van der Waals surface area contributed by atoms with Gasteiger partial charge in [0.2, 0.25) is 0 Å². The Kier molecular flexibility index (Phi) is 3.78. The molecule has 1 atom stereocenters. The number of halogens is 1. The summed E-state index contributed by atoms with van der Waals surface area (Å²) in [5.41, 5.74) is 3.16. The van der Waals surface area contributed by atoms with Crippen LogP contribution in [0.3, 0.4) is 0 Å². The first-order valence-corrected chi connectivity index (χ1v) is 6.34. The maximum Gasteiger partial charge on any atom is 0.322 e. The van der Waals surface area contributed by atoms with E-state index < -0.39 is 12.0 Å². The minimum atomic E-state index is -0.819. The number of carboxylic acids is 1. The van der Waals surface area contributed by atoms with Crippen molar-refractivity contribution in [2.45, 2.75) is 19.9 Å². The van der Waals surface area contributed by atoms with Gasteiger partial charge < -0.3 is 15.3 Å². The predicted octanol–water partition coefficient (Wildman–Crippen LogP) is 1.82. The number of carbonyl (C=O) groups is 1. The van der Waals surface area contributed by atoms with Gasteiger partial charge in [-0.1, -0.05) is 17.7 Å². The summed E-state index contributed by atoms with van der Waals surface area (Å²) in [7, 11) is 0. The van der Waals surface area contributed by atoms with Crippen LogP contribution in [0.2, 0.25) is 5.02 Å². The molecular weight excluding hydrogens is 252 g/mol. The summed E-state index contributed by atoms with van der Waals surface area (Å²) >= 11 is 6.29. The summed E-state index contributed by atoms with van der Waals surface area (Å²) in [5, 5.41) is 12.7. The Labute approximate surface area is 112 Å². The van der Waals surface area contributed by atoms with Crippen molar-refractivity contribution in [3.05, 3.63) is 28.3 Å².